The van der Waals surface area contributed by atoms with Gasteiger partial charge < -0.3 is 10.5 Å². The first-order valence-electron chi connectivity index (χ1n) is 4.12. The number of ether oxygens (including phenoxy) is 1. The Morgan fingerprint density at radius 1 is 1.58 bits per heavy atom. The fourth-order valence-electron chi connectivity index (χ4n) is 1.61. The van der Waals surface area contributed by atoms with Crippen LogP contribution in [0.5, 0.6) is 0 Å². The summed E-state index contributed by atoms with van der Waals surface area (Å²) in [6.45, 7) is 0. The van der Waals surface area contributed by atoms with E-state index in [4.69, 9.17) is 5.73 Å². The average Bonchev–Trinajstić information content (AvgIpc) is 2.50. The van der Waals surface area contributed by atoms with Crippen LogP contribution in [0.1, 0.15) is 25.7 Å². The minimum absolute atomic E-state index is 0.378. The summed E-state index contributed by atoms with van der Waals surface area (Å²) in [6, 6.07) is -1.11. The molecule has 1 atom stereocenters. The van der Waals surface area contributed by atoms with E-state index in [1.165, 1.54) is 7.11 Å². The molecule has 4 heteroatoms. The number of carbonyl (C=O) groups excluding carboxylic acids is 1. The molecule has 1 rings (SSSR count). The van der Waals surface area contributed by atoms with Gasteiger partial charge in [-0.05, 0) is 12.8 Å². The quantitative estimate of drug-likeness (QED) is 0.630. The lowest BCUT2D eigenvalue weighted by atomic mass is 9.95. The van der Waals surface area contributed by atoms with Gasteiger partial charge in [-0.25, -0.2) is 4.39 Å². The zero-order valence-corrected chi connectivity index (χ0v) is 7.18. The Morgan fingerprint density at radius 3 is 2.50 bits per heavy atom. The van der Waals surface area contributed by atoms with Crippen molar-refractivity contribution in [3.8, 4) is 0 Å². The van der Waals surface area contributed by atoms with Crippen LogP contribution in [0, 0.1) is 0 Å². The number of rotatable bonds is 2. The second-order valence-electron chi connectivity index (χ2n) is 3.24. The molecule has 0 saturated heterocycles. The van der Waals surface area contributed by atoms with Crippen molar-refractivity contribution >= 4 is 5.97 Å². The highest BCUT2D eigenvalue weighted by atomic mass is 19.1. The molecule has 0 aromatic carbocycles. The van der Waals surface area contributed by atoms with Crippen molar-refractivity contribution in [3.05, 3.63) is 0 Å². The molecule has 1 aliphatic carbocycles. The summed E-state index contributed by atoms with van der Waals surface area (Å²) in [5.74, 6) is -0.653. The zero-order chi connectivity index (χ0) is 9.19. The second-order valence-corrected chi connectivity index (χ2v) is 3.24. The van der Waals surface area contributed by atoms with E-state index in [0.29, 0.717) is 12.8 Å². The van der Waals surface area contributed by atoms with E-state index in [9.17, 15) is 9.18 Å². The molecule has 0 bridgehead atoms. The topological polar surface area (TPSA) is 52.3 Å². The number of nitrogens with two attached hydrogens (primary N) is 1. The molecule has 0 aliphatic heterocycles. The Kier molecular flexibility index (Phi) is 2.67. The third kappa shape index (κ3) is 1.58. The maximum Gasteiger partial charge on any atom is 0.325 e. The Morgan fingerprint density at radius 2 is 2.08 bits per heavy atom. The van der Waals surface area contributed by atoms with E-state index in [-0.39, 0.29) is 0 Å². The molecule has 1 saturated carbocycles. The van der Waals surface area contributed by atoms with Gasteiger partial charge in [-0.3, -0.25) is 4.79 Å². The van der Waals surface area contributed by atoms with Gasteiger partial charge in [0.25, 0.3) is 0 Å². The smallest absolute Gasteiger partial charge is 0.325 e. The Balaban J connectivity index is 2.61. The van der Waals surface area contributed by atoms with Gasteiger partial charge in [0.1, 0.15) is 11.7 Å². The molecule has 12 heavy (non-hydrogen) atoms. The molecule has 0 aromatic heterocycles. The Labute approximate surface area is 71.1 Å². The van der Waals surface area contributed by atoms with E-state index < -0.39 is 17.7 Å². The molecule has 1 unspecified atom stereocenters. The van der Waals surface area contributed by atoms with Crippen molar-refractivity contribution in [2.45, 2.75) is 37.4 Å². The SMILES string of the molecule is COC(=O)C(N)C1(F)CCCC1. The summed E-state index contributed by atoms with van der Waals surface area (Å²) in [4.78, 5) is 10.9. The van der Waals surface area contributed by atoms with Crippen LogP contribution in [0.2, 0.25) is 0 Å². The van der Waals surface area contributed by atoms with Crippen molar-refractivity contribution in [3.63, 3.8) is 0 Å². The highest BCUT2D eigenvalue weighted by molar-refractivity contribution is 5.77. The highest BCUT2D eigenvalue weighted by Crippen LogP contribution is 2.35. The van der Waals surface area contributed by atoms with E-state index in [2.05, 4.69) is 4.74 Å². The largest absolute Gasteiger partial charge is 0.468 e. The van der Waals surface area contributed by atoms with Crippen LogP contribution in [0.15, 0.2) is 0 Å². The molecule has 0 spiro atoms. The number of halogens is 1. The predicted molar refractivity (Wildman–Crippen MR) is 42.3 cm³/mol. The van der Waals surface area contributed by atoms with Crippen LogP contribution < -0.4 is 5.73 Å². The predicted octanol–water partition coefficient (Wildman–Crippen LogP) is 0.769. The lowest BCUT2D eigenvalue weighted by Crippen LogP contribution is -2.48. The first-order valence-corrected chi connectivity index (χ1v) is 4.12. The standard InChI is InChI=1S/C8H14FNO2/c1-12-7(11)6(10)8(9)4-2-3-5-8/h6H,2-5,10H2,1H3. The maximum atomic E-state index is 13.7. The van der Waals surface area contributed by atoms with Crippen LogP contribution in [0.4, 0.5) is 4.39 Å². The van der Waals surface area contributed by atoms with Crippen molar-refractivity contribution in [1.82, 2.24) is 0 Å². The second kappa shape index (κ2) is 3.39. The van der Waals surface area contributed by atoms with Gasteiger partial charge in [0.05, 0.1) is 7.11 Å². The minimum Gasteiger partial charge on any atom is -0.468 e. The Bertz CT molecular complexity index is 178. The molecule has 0 radical (unpaired) electrons. The Hall–Kier alpha value is -0.640. The molecule has 1 aliphatic rings. The zero-order valence-electron chi connectivity index (χ0n) is 7.18. The summed E-state index contributed by atoms with van der Waals surface area (Å²) < 4.78 is 18.1. The summed E-state index contributed by atoms with van der Waals surface area (Å²) in [5.41, 5.74) is 3.90. The van der Waals surface area contributed by atoms with Crippen molar-refractivity contribution in [2.75, 3.05) is 7.11 Å². The van der Waals surface area contributed by atoms with Crippen LogP contribution in [0.3, 0.4) is 0 Å². The lowest BCUT2D eigenvalue weighted by Gasteiger charge is -2.24. The molecule has 70 valence electrons. The van der Waals surface area contributed by atoms with Crippen molar-refractivity contribution < 1.29 is 13.9 Å². The molecule has 1 fully saturated rings. The summed E-state index contributed by atoms with van der Waals surface area (Å²) in [5, 5.41) is 0. The molecule has 0 heterocycles. The monoisotopic (exact) mass is 175 g/mol. The molecular weight excluding hydrogens is 161 g/mol. The average molecular weight is 175 g/mol. The summed E-state index contributed by atoms with van der Waals surface area (Å²) in [6.07, 6.45) is 2.37. The van der Waals surface area contributed by atoms with Crippen LogP contribution in [0.25, 0.3) is 0 Å². The van der Waals surface area contributed by atoms with Gasteiger partial charge >= 0.3 is 5.97 Å². The molecule has 0 aromatic rings. The molecular formula is C8H14FNO2. The highest BCUT2D eigenvalue weighted by Gasteiger charge is 2.44. The van der Waals surface area contributed by atoms with Gasteiger partial charge in [0.2, 0.25) is 0 Å². The third-order valence-corrected chi connectivity index (χ3v) is 2.45. The number of esters is 1. The maximum absolute atomic E-state index is 13.7. The van der Waals surface area contributed by atoms with Crippen LogP contribution in [-0.2, 0) is 9.53 Å². The van der Waals surface area contributed by atoms with Crippen LogP contribution >= 0.6 is 0 Å². The molecule has 3 nitrogen and oxygen atoms in total. The van der Waals surface area contributed by atoms with Crippen molar-refractivity contribution in [2.24, 2.45) is 5.73 Å². The number of carbonyl (C=O) groups is 1. The van der Waals surface area contributed by atoms with E-state index in [0.717, 1.165) is 12.8 Å². The van der Waals surface area contributed by atoms with Gasteiger partial charge in [0.15, 0.2) is 0 Å². The third-order valence-electron chi connectivity index (χ3n) is 2.45. The fraction of sp³-hybridized carbons (Fsp3) is 0.875. The molecule has 0 amide bonds. The fourth-order valence-corrected chi connectivity index (χ4v) is 1.61. The van der Waals surface area contributed by atoms with Gasteiger partial charge in [-0.2, -0.15) is 0 Å². The summed E-state index contributed by atoms with van der Waals surface area (Å²) in [7, 11) is 1.22. The van der Waals surface area contributed by atoms with E-state index >= 15 is 0 Å². The minimum atomic E-state index is -1.52. The molecule has 2 N–H and O–H groups in total. The number of alkyl halides is 1. The van der Waals surface area contributed by atoms with Crippen molar-refractivity contribution in [1.29, 1.82) is 0 Å². The van der Waals surface area contributed by atoms with Gasteiger partial charge in [-0.15, -0.1) is 0 Å². The summed E-state index contributed by atoms with van der Waals surface area (Å²) >= 11 is 0. The van der Waals surface area contributed by atoms with Gasteiger partial charge in [-0.1, -0.05) is 12.8 Å². The number of hydrogen-bond donors (Lipinski definition) is 1. The van der Waals surface area contributed by atoms with Crippen LogP contribution in [-0.4, -0.2) is 24.8 Å². The normalized spacial score (nSPS) is 23.6. The first-order chi connectivity index (χ1) is 5.60. The number of hydrogen-bond acceptors (Lipinski definition) is 3. The van der Waals surface area contributed by atoms with Gasteiger partial charge in [0, 0.05) is 0 Å². The number of methoxy groups -OCH3 is 1. The van der Waals surface area contributed by atoms with E-state index in [1.54, 1.807) is 0 Å². The van der Waals surface area contributed by atoms with E-state index in [1.807, 2.05) is 0 Å². The first kappa shape index (κ1) is 9.45. The lowest BCUT2D eigenvalue weighted by molar-refractivity contribution is -0.146.